The van der Waals surface area contributed by atoms with Gasteiger partial charge in [-0.15, -0.1) is 0 Å². The summed E-state index contributed by atoms with van der Waals surface area (Å²) < 4.78 is 3.49. The summed E-state index contributed by atoms with van der Waals surface area (Å²) in [5, 5.41) is 4.24. The Balaban J connectivity index is 1.70. The minimum atomic E-state index is -0.0612. The van der Waals surface area contributed by atoms with Crippen LogP contribution in [0.4, 0.5) is 0 Å². The first kappa shape index (κ1) is 13.5. The van der Waals surface area contributed by atoms with Crippen LogP contribution in [0.2, 0.25) is 0 Å². The lowest BCUT2D eigenvalue weighted by Crippen LogP contribution is -2.22. The predicted molar refractivity (Wildman–Crippen MR) is 87.2 cm³/mol. The predicted octanol–water partition coefficient (Wildman–Crippen LogP) is 2.02. The lowest BCUT2D eigenvalue weighted by molar-refractivity contribution is 0.669. The molecule has 6 nitrogen and oxygen atoms in total. The fraction of sp³-hybridized carbons (Fsp3) is 0.118. The highest BCUT2D eigenvalue weighted by molar-refractivity contribution is 5.73. The molecule has 4 rings (SSSR count). The van der Waals surface area contributed by atoms with E-state index in [1.54, 1.807) is 29.4 Å². The van der Waals surface area contributed by atoms with E-state index in [9.17, 15) is 4.79 Å². The second-order valence-electron chi connectivity index (χ2n) is 5.39. The monoisotopic (exact) mass is 305 g/mol. The van der Waals surface area contributed by atoms with E-state index in [0.717, 1.165) is 11.1 Å². The second kappa shape index (κ2) is 5.57. The fourth-order valence-electron chi connectivity index (χ4n) is 2.70. The van der Waals surface area contributed by atoms with Gasteiger partial charge in [0.15, 0.2) is 0 Å². The summed E-state index contributed by atoms with van der Waals surface area (Å²) in [4.78, 5) is 19.8. The number of nitrogens with zero attached hydrogens (tertiary/aromatic N) is 4. The molecule has 1 N–H and O–H groups in total. The van der Waals surface area contributed by atoms with Crippen LogP contribution in [0, 0.1) is 0 Å². The quantitative estimate of drug-likeness (QED) is 0.627. The van der Waals surface area contributed by atoms with E-state index < -0.39 is 0 Å². The third kappa shape index (κ3) is 2.55. The molecule has 3 heterocycles. The summed E-state index contributed by atoms with van der Waals surface area (Å²) in [5.41, 5.74) is 3.38. The molecule has 0 aliphatic carbocycles. The lowest BCUT2D eigenvalue weighted by Gasteiger charge is -2.11. The normalized spacial score (nSPS) is 11.1. The number of rotatable bonds is 4. The Morgan fingerprint density at radius 1 is 1.04 bits per heavy atom. The van der Waals surface area contributed by atoms with Crippen LogP contribution in [0.1, 0.15) is 11.1 Å². The van der Waals surface area contributed by atoms with Crippen molar-refractivity contribution in [1.29, 1.82) is 0 Å². The molecule has 23 heavy (non-hydrogen) atoms. The fourth-order valence-corrected chi connectivity index (χ4v) is 2.70. The second-order valence-corrected chi connectivity index (χ2v) is 5.39. The molecule has 0 aliphatic heterocycles. The van der Waals surface area contributed by atoms with Crippen molar-refractivity contribution in [2.75, 3.05) is 0 Å². The molecule has 0 unspecified atom stereocenters. The summed E-state index contributed by atoms with van der Waals surface area (Å²) in [6.07, 6.45) is 7.02. The number of hydrogen-bond donors (Lipinski definition) is 1. The van der Waals surface area contributed by atoms with Crippen LogP contribution >= 0.6 is 0 Å². The summed E-state index contributed by atoms with van der Waals surface area (Å²) >= 11 is 0. The third-order valence-electron chi connectivity index (χ3n) is 3.89. The van der Waals surface area contributed by atoms with E-state index in [-0.39, 0.29) is 5.56 Å². The van der Waals surface area contributed by atoms with Crippen LogP contribution in [-0.4, -0.2) is 24.3 Å². The van der Waals surface area contributed by atoms with Gasteiger partial charge < -0.3 is 4.98 Å². The van der Waals surface area contributed by atoms with E-state index in [4.69, 9.17) is 0 Å². The zero-order valence-corrected chi connectivity index (χ0v) is 12.4. The number of hydrogen-bond acceptors (Lipinski definition) is 3. The first-order valence-corrected chi connectivity index (χ1v) is 7.38. The molecule has 0 saturated carbocycles. The average molecular weight is 305 g/mol. The van der Waals surface area contributed by atoms with Crippen LogP contribution < -0.4 is 5.56 Å². The first-order chi connectivity index (χ1) is 11.3. The summed E-state index contributed by atoms with van der Waals surface area (Å²) in [6, 6.07) is 11.8. The zero-order valence-electron chi connectivity index (χ0n) is 12.4. The van der Waals surface area contributed by atoms with E-state index in [1.807, 2.05) is 35.1 Å². The number of benzene rings is 1. The van der Waals surface area contributed by atoms with Crippen LogP contribution in [-0.2, 0) is 13.1 Å². The Kier molecular flexibility index (Phi) is 3.27. The van der Waals surface area contributed by atoms with Gasteiger partial charge >= 0.3 is 0 Å². The highest BCUT2D eigenvalue weighted by Gasteiger charge is 2.08. The Morgan fingerprint density at radius 3 is 2.65 bits per heavy atom. The number of aromatic amines is 1. The minimum absolute atomic E-state index is 0.0612. The van der Waals surface area contributed by atoms with Crippen LogP contribution in [0.5, 0.6) is 0 Å². The van der Waals surface area contributed by atoms with E-state index in [0.29, 0.717) is 24.1 Å². The molecule has 0 aliphatic rings. The Morgan fingerprint density at radius 2 is 1.87 bits per heavy atom. The van der Waals surface area contributed by atoms with Crippen molar-refractivity contribution in [3.8, 4) is 0 Å². The molecule has 0 radical (unpaired) electrons. The summed E-state index contributed by atoms with van der Waals surface area (Å²) in [6.45, 7) is 1.16. The number of fused-ring (bicyclic) bond motifs is 1. The van der Waals surface area contributed by atoms with Gasteiger partial charge in [-0.3, -0.25) is 14.0 Å². The van der Waals surface area contributed by atoms with Gasteiger partial charge in [-0.05, 0) is 23.3 Å². The maximum Gasteiger partial charge on any atom is 0.277 e. The van der Waals surface area contributed by atoms with Crippen molar-refractivity contribution in [3.63, 3.8) is 0 Å². The summed E-state index contributed by atoms with van der Waals surface area (Å²) in [7, 11) is 0. The maximum absolute atomic E-state index is 12.5. The van der Waals surface area contributed by atoms with Gasteiger partial charge in [0.05, 0.1) is 24.9 Å². The van der Waals surface area contributed by atoms with E-state index in [1.165, 1.54) is 0 Å². The molecule has 0 atom stereocenters. The highest BCUT2D eigenvalue weighted by Crippen LogP contribution is 2.12. The van der Waals surface area contributed by atoms with Gasteiger partial charge in [-0.25, -0.2) is 4.98 Å². The Labute approximate surface area is 132 Å². The maximum atomic E-state index is 12.5. The highest BCUT2D eigenvalue weighted by atomic mass is 16.1. The van der Waals surface area contributed by atoms with Gasteiger partial charge in [-0.2, -0.15) is 5.10 Å². The molecule has 0 fully saturated rings. The Hall–Kier alpha value is -3.15. The molecule has 6 heteroatoms. The van der Waals surface area contributed by atoms with Crippen molar-refractivity contribution < 1.29 is 0 Å². The Bertz CT molecular complexity index is 997. The summed E-state index contributed by atoms with van der Waals surface area (Å²) in [5.74, 6) is 0. The minimum Gasteiger partial charge on any atom is -0.355 e. The van der Waals surface area contributed by atoms with Gasteiger partial charge in [0, 0.05) is 18.6 Å². The molecule has 0 spiro atoms. The molecular formula is C17H15N5O. The van der Waals surface area contributed by atoms with Gasteiger partial charge in [0.1, 0.15) is 5.52 Å². The third-order valence-corrected chi connectivity index (χ3v) is 3.89. The van der Waals surface area contributed by atoms with Crippen molar-refractivity contribution in [1.82, 2.24) is 24.3 Å². The molecule has 114 valence electrons. The molecular weight excluding hydrogens is 290 g/mol. The van der Waals surface area contributed by atoms with Gasteiger partial charge in [0.25, 0.3) is 5.56 Å². The van der Waals surface area contributed by atoms with Crippen molar-refractivity contribution in [3.05, 3.63) is 82.8 Å². The lowest BCUT2D eigenvalue weighted by atomic mass is 10.1. The van der Waals surface area contributed by atoms with Crippen molar-refractivity contribution in [2.45, 2.75) is 13.1 Å². The van der Waals surface area contributed by atoms with Crippen molar-refractivity contribution >= 4 is 11.0 Å². The number of H-pyrrole nitrogens is 1. The van der Waals surface area contributed by atoms with E-state index >= 15 is 0 Å². The SMILES string of the molecule is O=c1c2[nH]ccc2ncn1Cc1ccccc1Cn1cccn1. The molecule has 1 aromatic carbocycles. The number of nitrogens with one attached hydrogen (secondary N) is 1. The van der Waals surface area contributed by atoms with Crippen LogP contribution in [0.3, 0.4) is 0 Å². The number of aromatic nitrogens is 5. The van der Waals surface area contributed by atoms with Crippen molar-refractivity contribution in [2.24, 2.45) is 0 Å². The van der Waals surface area contributed by atoms with E-state index in [2.05, 4.69) is 21.1 Å². The molecule has 3 aromatic heterocycles. The topological polar surface area (TPSA) is 68.5 Å². The van der Waals surface area contributed by atoms with Crippen LogP contribution in [0.25, 0.3) is 11.0 Å². The van der Waals surface area contributed by atoms with Gasteiger partial charge in [0.2, 0.25) is 0 Å². The molecule has 0 bridgehead atoms. The molecule has 4 aromatic rings. The standard InChI is InChI=1S/C17H15N5O/c23-17-16-15(6-8-18-16)19-12-21(17)10-13-4-1-2-5-14(13)11-22-9-3-7-20-22/h1-9,12,18H,10-11H2. The largest absolute Gasteiger partial charge is 0.355 e. The average Bonchev–Trinajstić information content (AvgIpc) is 3.23. The smallest absolute Gasteiger partial charge is 0.277 e. The van der Waals surface area contributed by atoms with Crippen LogP contribution in [0.15, 0.2) is 66.1 Å². The molecule has 0 amide bonds. The molecule has 0 saturated heterocycles. The first-order valence-electron chi connectivity index (χ1n) is 7.38. The van der Waals surface area contributed by atoms with Gasteiger partial charge in [-0.1, -0.05) is 24.3 Å². The zero-order chi connectivity index (χ0) is 15.6.